The third-order valence-corrected chi connectivity index (χ3v) is 6.68. The zero-order chi connectivity index (χ0) is 27.1. The third kappa shape index (κ3) is 6.92. The van der Waals surface area contributed by atoms with E-state index in [0.29, 0.717) is 38.3 Å². The van der Waals surface area contributed by atoms with E-state index in [1.54, 1.807) is 11.8 Å². The van der Waals surface area contributed by atoms with Gasteiger partial charge in [0.25, 0.3) is 5.91 Å². The van der Waals surface area contributed by atoms with Crippen LogP contribution in [0.15, 0.2) is 60.9 Å². The van der Waals surface area contributed by atoms with Crippen molar-refractivity contribution < 1.29 is 14.3 Å². The van der Waals surface area contributed by atoms with Crippen LogP contribution in [0, 0.1) is 0 Å². The van der Waals surface area contributed by atoms with Gasteiger partial charge in [0.15, 0.2) is 0 Å². The highest BCUT2D eigenvalue weighted by molar-refractivity contribution is 5.96. The maximum Gasteiger partial charge on any atom is 0.253 e. The zero-order valence-corrected chi connectivity index (χ0v) is 22.8. The minimum Gasteiger partial charge on any atom is -0.494 e. The first-order chi connectivity index (χ1) is 18.3. The molecule has 2 amide bonds. The Hall–Kier alpha value is -3.85. The molecule has 0 saturated carbocycles. The lowest BCUT2D eigenvalue weighted by molar-refractivity contribution is -0.116. The highest BCUT2D eigenvalue weighted by Crippen LogP contribution is 2.20. The Morgan fingerprint density at radius 3 is 2.39 bits per heavy atom. The lowest BCUT2D eigenvalue weighted by Gasteiger charge is -2.35. The molecule has 3 aromatic rings. The van der Waals surface area contributed by atoms with Crippen molar-refractivity contribution in [2.45, 2.75) is 20.4 Å². The highest BCUT2D eigenvalue weighted by Gasteiger charge is 2.23. The Kier molecular flexibility index (Phi) is 9.02. The molecule has 0 N–H and O–H groups in total. The molecular weight excluding hydrogens is 480 g/mol. The standard InChI is InChI=1S/C29H38N6O3/c1-5-38-28-8-6-7-24(19-28)21-34-22-27(20-30-34)32-14-16-33(17-15-32)29(37)25-9-11-26(12-10-25)35(23(2)36)18-13-31(3)4/h6-12,19-20,22H,5,13-18,21H2,1-4H3. The van der Waals surface area contributed by atoms with Crippen LogP contribution in [0.1, 0.15) is 29.8 Å². The van der Waals surface area contributed by atoms with Crippen molar-refractivity contribution in [2.75, 3.05) is 69.8 Å². The van der Waals surface area contributed by atoms with Crippen molar-refractivity contribution in [3.8, 4) is 5.75 Å². The van der Waals surface area contributed by atoms with Gasteiger partial charge in [0.2, 0.25) is 5.91 Å². The molecule has 38 heavy (non-hydrogen) atoms. The van der Waals surface area contributed by atoms with Crippen molar-refractivity contribution in [3.05, 3.63) is 72.1 Å². The van der Waals surface area contributed by atoms with Crippen molar-refractivity contribution in [3.63, 3.8) is 0 Å². The molecule has 1 aliphatic heterocycles. The van der Waals surface area contributed by atoms with Crippen LogP contribution in [-0.4, -0.2) is 91.4 Å². The maximum absolute atomic E-state index is 13.1. The smallest absolute Gasteiger partial charge is 0.253 e. The summed E-state index contributed by atoms with van der Waals surface area (Å²) in [4.78, 5) is 33.2. The van der Waals surface area contributed by atoms with E-state index in [1.165, 1.54) is 0 Å². The van der Waals surface area contributed by atoms with Crippen LogP contribution >= 0.6 is 0 Å². The summed E-state index contributed by atoms with van der Waals surface area (Å²) in [5.74, 6) is 0.876. The summed E-state index contributed by atoms with van der Waals surface area (Å²) in [6.07, 6.45) is 3.94. The van der Waals surface area contributed by atoms with E-state index in [4.69, 9.17) is 4.74 Å². The van der Waals surface area contributed by atoms with Gasteiger partial charge in [-0.05, 0) is 63.0 Å². The molecule has 0 aliphatic carbocycles. The van der Waals surface area contributed by atoms with Crippen LogP contribution in [0.3, 0.4) is 0 Å². The van der Waals surface area contributed by atoms with Crippen molar-refractivity contribution in [1.82, 2.24) is 19.6 Å². The number of nitrogens with zero attached hydrogens (tertiary/aromatic N) is 6. The molecule has 1 fully saturated rings. The van der Waals surface area contributed by atoms with Gasteiger partial charge in [-0.15, -0.1) is 0 Å². The normalized spacial score (nSPS) is 13.6. The van der Waals surface area contributed by atoms with Crippen LogP contribution < -0.4 is 14.5 Å². The fraction of sp³-hybridized carbons (Fsp3) is 0.414. The lowest BCUT2D eigenvalue weighted by Crippen LogP contribution is -2.48. The Morgan fingerprint density at radius 1 is 1.00 bits per heavy atom. The summed E-state index contributed by atoms with van der Waals surface area (Å²) in [6.45, 7) is 9.02. The fourth-order valence-electron chi connectivity index (χ4n) is 4.59. The number of ether oxygens (including phenoxy) is 1. The molecule has 2 aromatic carbocycles. The minimum absolute atomic E-state index is 0.00982. The summed E-state index contributed by atoms with van der Waals surface area (Å²) in [5.41, 5.74) is 3.64. The molecular formula is C29H38N6O3. The second-order valence-corrected chi connectivity index (χ2v) is 9.78. The summed E-state index contributed by atoms with van der Waals surface area (Å²) in [7, 11) is 3.96. The van der Waals surface area contributed by atoms with Crippen LogP contribution in [0.5, 0.6) is 5.75 Å². The number of aromatic nitrogens is 2. The quantitative estimate of drug-likeness (QED) is 0.410. The first-order valence-electron chi connectivity index (χ1n) is 13.2. The molecule has 1 aromatic heterocycles. The van der Waals surface area contributed by atoms with E-state index in [0.717, 1.165) is 42.3 Å². The largest absolute Gasteiger partial charge is 0.494 e. The molecule has 0 bridgehead atoms. The first-order valence-corrected chi connectivity index (χ1v) is 13.2. The van der Waals surface area contributed by atoms with Gasteiger partial charge in [0, 0.05) is 63.6 Å². The van der Waals surface area contributed by atoms with E-state index in [9.17, 15) is 9.59 Å². The fourth-order valence-corrected chi connectivity index (χ4v) is 4.59. The van der Waals surface area contributed by atoms with Gasteiger partial charge in [-0.3, -0.25) is 14.3 Å². The van der Waals surface area contributed by atoms with Crippen LogP contribution in [-0.2, 0) is 11.3 Å². The topological polar surface area (TPSA) is 74.2 Å². The number of likely N-dealkylation sites (N-methyl/N-ethyl adjacent to an activating group) is 1. The molecule has 1 saturated heterocycles. The van der Waals surface area contributed by atoms with Gasteiger partial charge in [0.05, 0.1) is 25.0 Å². The first kappa shape index (κ1) is 27.2. The maximum atomic E-state index is 13.1. The highest BCUT2D eigenvalue weighted by atomic mass is 16.5. The number of piperazine rings is 1. The Labute approximate surface area is 225 Å². The van der Waals surface area contributed by atoms with Gasteiger partial charge in [0.1, 0.15) is 5.75 Å². The molecule has 2 heterocycles. The SMILES string of the molecule is CCOc1cccc(Cn2cc(N3CCN(C(=O)c4ccc(N(CCN(C)C)C(C)=O)cc4)CC3)cn2)c1. The van der Waals surface area contributed by atoms with Crippen LogP contribution in [0.2, 0.25) is 0 Å². The Bertz CT molecular complexity index is 1220. The number of carbonyl (C=O) groups is 2. The van der Waals surface area contributed by atoms with E-state index in [2.05, 4.69) is 22.3 Å². The molecule has 0 atom stereocenters. The minimum atomic E-state index is -0.00982. The van der Waals surface area contributed by atoms with E-state index in [-0.39, 0.29) is 11.8 Å². The van der Waals surface area contributed by atoms with Gasteiger partial charge in [-0.2, -0.15) is 5.10 Å². The van der Waals surface area contributed by atoms with Crippen molar-refractivity contribution >= 4 is 23.2 Å². The van der Waals surface area contributed by atoms with E-state index >= 15 is 0 Å². The second-order valence-electron chi connectivity index (χ2n) is 9.78. The molecule has 0 radical (unpaired) electrons. The summed E-state index contributed by atoms with van der Waals surface area (Å²) >= 11 is 0. The van der Waals surface area contributed by atoms with Crippen molar-refractivity contribution in [1.29, 1.82) is 0 Å². The molecule has 0 spiro atoms. The number of anilines is 2. The van der Waals surface area contributed by atoms with Crippen molar-refractivity contribution in [2.24, 2.45) is 0 Å². The van der Waals surface area contributed by atoms with Crippen LogP contribution in [0.4, 0.5) is 11.4 Å². The summed E-state index contributed by atoms with van der Waals surface area (Å²) in [5, 5.41) is 4.54. The van der Waals surface area contributed by atoms with E-state index < -0.39 is 0 Å². The molecule has 9 heteroatoms. The van der Waals surface area contributed by atoms with E-state index in [1.807, 2.05) is 84.2 Å². The van der Waals surface area contributed by atoms with Gasteiger partial charge >= 0.3 is 0 Å². The van der Waals surface area contributed by atoms with Gasteiger partial charge in [-0.25, -0.2) is 0 Å². The number of hydrogen-bond acceptors (Lipinski definition) is 6. The lowest BCUT2D eigenvalue weighted by atomic mass is 10.1. The number of carbonyl (C=O) groups excluding carboxylic acids is 2. The Balaban J connectivity index is 1.31. The number of amides is 2. The van der Waals surface area contributed by atoms with Gasteiger partial charge < -0.3 is 24.3 Å². The predicted molar refractivity (Wildman–Crippen MR) is 150 cm³/mol. The monoisotopic (exact) mass is 518 g/mol. The summed E-state index contributed by atoms with van der Waals surface area (Å²) in [6, 6.07) is 15.4. The molecule has 9 nitrogen and oxygen atoms in total. The second kappa shape index (κ2) is 12.6. The number of hydrogen-bond donors (Lipinski definition) is 0. The van der Waals surface area contributed by atoms with Crippen LogP contribution in [0.25, 0.3) is 0 Å². The average molecular weight is 519 g/mol. The van der Waals surface area contributed by atoms with Gasteiger partial charge in [-0.1, -0.05) is 12.1 Å². The predicted octanol–water partition coefficient (Wildman–Crippen LogP) is 3.21. The number of benzene rings is 2. The molecule has 0 unspecified atom stereocenters. The zero-order valence-electron chi connectivity index (χ0n) is 22.8. The summed E-state index contributed by atoms with van der Waals surface area (Å²) < 4.78 is 7.53. The third-order valence-electron chi connectivity index (χ3n) is 6.68. The average Bonchev–Trinajstić information content (AvgIpc) is 3.37. The molecule has 4 rings (SSSR count). The Morgan fingerprint density at radius 2 is 1.74 bits per heavy atom. The molecule has 1 aliphatic rings. The number of rotatable bonds is 10. The molecule has 202 valence electrons.